The predicted molar refractivity (Wildman–Crippen MR) is 89.7 cm³/mol. The van der Waals surface area contributed by atoms with E-state index in [0.29, 0.717) is 6.54 Å². The van der Waals surface area contributed by atoms with Crippen LogP contribution in [0.2, 0.25) is 0 Å². The fraction of sp³-hybridized carbons (Fsp3) is 0.533. The van der Waals surface area contributed by atoms with Crippen molar-refractivity contribution in [1.29, 1.82) is 0 Å². The quantitative estimate of drug-likeness (QED) is 0.778. The Labute approximate surface area is 138 Å². The molecule has 21 heavy (non-hydrogen) atoms. The number of benzene rings is 1. The van der Waals surface area contributed by atoms with Crippen molar-refractivity contribution < 1.29 is 9.53 Å². The van der Waals surface area contributed by atoms with Crippen molar-refractivity contribution in [3.05, 3.63) is 28.7 Å². The summed E-state index contributed by atoms with van der Waals surface area (Å²) in [5.74, 6) is 0.0937. The SMILES string of the molecule is CC(Sc1ccc(Br)cc1)C(=O)NCCN1CCOCC1. The van der Waals surface area contributed by atoms with Crippen molar-refractivity contribution in [2.75, 3.05) is 39.4 Å². The fourth-order valence-electron chi connectivity index (χ4n) is 2.08. The minimum Gasteiger partial charge on any atom is -0.379 e. The van der Waals surface area contributed by atoms with E-state index in [0.717, 1.165) is 42.2 Å². The largest absolute Gasteiger partial charge is 0.379 e. The molecule has 4 nitrogen and oxygen atoms in total. The molecule has 2 rings (SSSR count). The average Bonchev–Trinajstić information content (AvgIpc) is 2.50. The molecule has 6 heteroatoms. The molecule has 1 heterocycles. The summed E-state index contributed by atoms with van der Waals surface area (Å²) >= 11 is 4.99. The Balaban J connectivity index is 1.68. The number of morpholine rings is 1. The van der Waals surface area contributed by atoms with E-state index in [2.05, 4.69) is 26.1 Å². The lowest BCUT2D eigenvalue weighted by atomic mass is 10.4. The smallest absolute Gasteiger partial charge is 0.233 e. The van der Waals surface area contributed by atoms with Crippen LogP contribution in [0, 0.1) is 0 Å². The van der Waals surface area contributed by atoms with Crippen LogP contribution in [0.4, 0.5) is 0 Å². The van der Waals surface area contributed by atoms with E-state index in [1.807, 2.05) is 31.2 Å². The lowest BCUT2D eigenvalue weighted by molar-refractivity contribution is -0.120. The van der Waals surface area contributed by atoms with Gasteiger partial charge in [0, 0.05) is 35.5 Å². The highest BCUT2D eigenvalue weighted by molar-refractivity contribution is 9.10. The molecular weight excluding hydrogens is 352 g/mol. The zero-order chi connectivity index (χ0) is 15.1. The van der Waals surface area contributed by atoms with Crippen LogP contribution in [-0.2, 0) is 9.53 Å². The monoisotopic (exact) mass is 372 g/mol. The summed E-state index contributed by atoms with van der Waals surface area (Å²) in [6.07, 6.45) is 0. The maximum Gasteiger partial charge on any atom is 0.233 e. The molecule has 1 aliphatic rings. The second-order valence-electron chi connectivity index (χ2n) is 4.96. The molecule has 1 aromatic rings. The third-order valence-electron chi connectivity index (χ3n) is 3.33. The number of thioether (sulfide) groups is 1. The van der Waals surface area contributed by atoms with Gasteiger partial charge in [0.1, 0.15) is 0 Å². The van der Waals surface area contributed by atoms with Gasteiger partial charge in [0.2, 0.25) is 5.91 Å². The summed E-state index contributed by atoms with van der Waals surface area (Å²) in [5, 5.41) is 2.92. The van der Waals surface area contributed by atoms with Gasteiger partial charge in [-0.05, 0) is 31.2 Å². The van der Waals surface area contributed by atoms with E-state index < -0.39 is 0 Å². The van der Waals surface area contributed by atoms with Crippen molar-refractivity contribution in [2.45, 2.75) is 17.1 Å². The molecular formula is C15H21BrN2O2S. The number of rotatable bonds is 6. The first kappa shape index (κ1) is 16.8. The van der Waals surface area contributed by atoms with Crippen molar-refractivity contribution in [3.63, 3.8) is 0 Å². The topological polar surface area (TPSA) is 41.6 Å². The Morgan fingerprint density at radius 3 is 2.71 bits per heavy atom. The Bertz CT molecular complexity index is 449. The van der Waals surface area contributed by atoms with Crippen LogP contribution in [0.15, 0.2) is 33.6 Å². The molecule has 1 atom stereocenters. The molecule has 1 aliphatic heterocycles. The number of ether oxygens (including phenoxy) is 1. The van der Waals surface area contributed by atoms with Crippen LogP contribution < -0.4 is 5.32 Å². The molecule has 1 fully saturated rings. The van der Waals surface area contributed by atoms with Crippen molar-refractivity contribution in [3.8, 4) is 0 Å². The molecule has 0 aromatic heterocycles. The maximum absolute atomic E-state index is 12.1. The molecule has 0 aliphatic carbocycles. The van der Waals surface area contributed by atoms with Gasteiger partial charge in [0.25, 0.3) is 0 Å². The average molecular weight is 373 g/mol. The Morgan fingerprint density at radius 2 is 2.05 bits per heavy atom. The second-order valence-corrected chi connectivity index (χ2v) is 7.29. The normalized spacial score (nSPS) is 17.4. The lowest BCUT2D eigenvalue weighted by Crippen LogP contribution is -2.42. The Kier molecular flexibility index (Phi) is 7.03. The number of hydrogen-bond donors (Lipinski definition) is 1. The summed E-state index contributed by atoms with van der Waals surface area (Å²) in [7, 11) is 0. The summed E-state index contributed by atoms with van der Waals surface area (Å²) in [6, 6.07) is 8.02. The highest BCUT2D eigenvalue weighted by Crippen LogP contribution is 2.24. The van der Waals surface area contributed by atoms with Gasteiger partial charge in [-0.3, -0.25) is 9.69 Å². The first-order chi connectivity index (χ1) is 10.1. The summed E-state index contributed by atoms with van der Waals surface area (Å²) < 4.78 is 6.35. The number of halogens is 1. The molecule has 1 N–H and O–H groups in total. The van der Waals surface area contributed by atoms with Crippen LogP contribution in [0.3, 0.4) is 0 Å². The van der Waals surface area contributed by atoms with Gasteiger partial charge in [-0.15, -0.1) is 11.8 Å². The zero-order valence-electron chi connectivity index (χ0n) is 12.2. The van der Waals surface area contributed by atoms with E-state index in [-0.39, 0.29) is 11.2 Å². The van der Waals surface area contributed by atoms with E-state index in [1.165, 1.54) is 0 Å². The van der Waals surface area contributed by atoms with Crippen LogP contribution in [0.25, 0.3) is 0 Å². The van der Waals surface area contributed by atoms with Gasteiger partial charge >= 0.3 is 0 Å². The first-order valence-corrected chi connectivity index (χ1v) is 8.82. The molecule has 1 aromatic carbocycles. The molecule has 0 spiro atoms. The van der Waals surface area contributed by atoms with Gasteiger partial charge in [-0.1, -0.05) is 15.9 Å². The van der Waals surface area contributed by atoms with E-state index in [1.54, 1.807) is 11.8 Å². The van der Waals surface area contributed by atoms with Crippen LogP contribution >= 0.6 is 27.7 Å². The molecule has 0 bridgehead atoms. The van der Waals surface area contributed by atoms with E-state index in [9.17, 15) is 4.79 Å². The van der Waals surface area contributed by atoms with Gasteiger partial charge in [0.15, 0.2) is 0 Å². The molecule has 1 saturated heterocycles. The first-order valence-electron chi connectivity index (χ1n) is 7.15. The Hall–Kier alpha value is -0.560. The zero-order valence-corrected chi connectivity index (χ0v) is 14.6. The number of nitrogens with zero attached hydrogens (tertiary/aromatic N) is 1. The maximum atomic E-state index is 12.1. The highest BCUT2D eigenvalue weighted by Gasteiger charge is 2.15. The number of hydrogen-bond acceptors (Lipinski definition) is 4. The Morgan fingerprint density at radius 1 is 1.38 bits per heavy atom. The number of nitrogens with one attached hydrogen (secondary N) is 1. The predicted octanol–water partition coefficient (Wildman–Crippen LogP) is 2.38. The molecule has 116 valence electrons. The van der Waals surface area contributed by atoms with Crippen molar-refractivity contribution in [2.24, 2.45) is 0 Å². The minimum absolute atomic E-state index is 0.0872. The number of amides is 1. The standard InChI is InChI=1S/C15H21BrN2O2S/c1-12(21-14-4-2-13(16)3-5-14)15(19)17-6-7-18-8-10-20-11-9-18/h2-5,12H,6-11H2,1H3,(H,17,19). The fourth-order valence-corrected chi connectivity index (χ4v) is 3.23. The number of carbonyl (C=O) groups is 1. The van der Waals surface area contributed by atoms with Gasteiger partial charge in [-0.25, -0.2) is 0 Å². The number of carbonyl (C=O) groups excluding carboxylic acids is 1. The molecule has 1 amide bonds. The third kappa shape index (κ3) is 5.98. The lowest BCUT2D eigenvalue weighted by Gasteiger charge is -2.26. The summed E-state index contributed by atoms with van der Waals surface area (Å²) in [5.41, 5.74) is 0. The van der Waals surface area contributed by atoms with Gasteiger partial charge in [0.05, 0.1) is 18.5 Å². The molecule has 0 saturated carbocycles. The van der Waals surface area contributed by atoms with Crippen LogP contribution in [0.1, 0.15) is 6.92 Å². The van der Waals surface area contributed by atoms with Gasteiger partial charge in [-0.2, -0.15) is 0 Å². The van der Waals surface area contributed by atoms with Crippen LogP contribution in [-0.4, -0.2) is 55.4 Å². The van der Waals surface area contributed by atoms with E-state index >= 15 is 0 Å². The molecule has 1 unspecified atom stereocenters. The van der Waals surface area contributed by atoms with Crippen molar-refractivity contribution in [1.82, 2.24) is 10.2 Å². The summed E-state index contributed by atoms with van der Waals surface area (Å²) in [4.78, 5) is 15.5. The third-order valence-corrected chi connectivity index (χ3v) is 4.97. The summed E-state index contributed by atoms with van der Waals surface area (Å²) in [6.45, 7) is 7.04. The highest BCUT2D eigenvalue weighted by atomic mass is 79.9. The van der Waals surface area contributed by atoms with Gasteiger partial charge < -0.3 is 10.1 Å². The molecule has 0 radical (unpaired) electrons. The van der Waals surface area contributed by atoms with Crippen LogP contribution in [0.5, 0.6) is 0 Å². The van der Waals surface area contributed by atoms with Crippen molar-refractivity contribution >= 4 is 33.6 Å². The minimum atomic E-state index is -0.0872. The second kappa shape index (κ2) is 8.78. The van der Waals surface area contributed by atoms with E-state index in [4.69, 9.17) is 4.74 Å².